The second kappa shape index (κ2) is 5.88. The number of aliphatic carboxylic acids is 1. The molecule has 0 amide bonds. The van der Waals surface area contributed by atoms with Gasteiger partial charge in [-0.1, -0.05) is 6.08 Å². The summed E-state index contributed by atoms with van der Waals surface area (Å²) in [6.07, 6.45) is 1.70. The lowest BCUT2D eigenvalue weighted by atomic mass is 10.4. The number of hydrogen-bond donors (Lipinski definition) is 4. The highest BCUT2D eigenvalue weighted by molar-refractivity contribution is 7.55. The summed E-state index contributed by atoms with van der Waals surface area (Å²) in [5.41, 5.74) is 0. The van der Waals surface area contributed by atoms with Crippen LogP contribution < -0.4 is 5.32 Å². The van der Waals surface area contributed by atoms with Gasteiger partial charge in [0.25, 0.3) is 0 Å². The van der Waals surface area contributed by atoms with Crippen molar-refractivity contribution in [2.24, 2.45) is 0 Å². The van der Waals surface area contributed by atoms with Crippen molar-refractivity contribution >= 4 is 13.6 Å². The van der Waals surface area contributed by atoms with Crippen LogP contribution in [0.2, 0.25) is 0 Å². The minimum absolute atomic E-state index is 0.149. The summed E-state index contributed by atoms with van der Waals surface area (Å²) in [7, 11) is -4.06. The average Bonchev–Trinajstić information content (AvgIpc) is 1.93. The van der Waals surface area contributed by atoms with Gasteiger partial charge in [0.05, 0.1) is 6.54 Å². The fraction of sp³-hybridized carbons (Fsp3) is 0.500. The molecule has 0 aliphatic carbocycles. The molecule has 0 saturated heterocycles. The van der Waals surface area contributed by atoms with Crippen LogP contribution in [0.3, 0.4) is 0 Å². The Kier molecular flexibility index (Phi) is 5.57. The van der Waals surface area contributed by atoms with Crippen LogP contribution >= 0.6 is 7.60 Å². The predicted molar refractivity (Wildman–Crippen MR) is 46.3 cm³/mol. The third kappa shape index (κ3) is 11.3. The average molecular weight is 209 g/mol. The summed E-state index contributed by atoms with van der Waals surface area (Å²) in [6, 6.07) is 0. The second-order valence-corrected chi connectivity index (χ2v) is 3.81. The Balaban J connectivity index is 3.41. The Morgan fingerprint density at radius 3 is 2.54 bits per heavy atom. The van der Waals surface area contributed by atoms with Gasteiger partial charge in [-0.3, -0.25) is 9.36 Å². The monoisotopic (exact) mass is 209 g/mol. The molecule has 0 aliphatic rings. The fourth-order valence-corrected chi connectivity index (χ4v) is 1.02. The zero-order valence-electron chi connectivity index (χ0n) is 6.88. The Labute approximate surface area is 75.4 Å². The molecule has 0 radical (unpaired) electrons. The van der Waals surface area contributed by atoms with Crippen molar-refractivity contribution in [2.75, 3.05) is 13.1 Å². The SMILES string of the molecule is O=C(O)CNCC/C=C/P(=O)(O)O. The summed E-state index contributed by atoms with van der Waals surface area (Å²) in [4.78, 5) is 26.7. The molecular formula is C6H12NO5P. The fourth-order valence-electron chi connectivity index (χ4n) is 0.593. The van der Waals surface area contributed by atoms with E-state index in [0.717, 1.165) is 5.82 Å². The topological polar surface area (TPSA) is 107 Å². The van der Waals surface area contributed by atoms with E-state index in [1.54, 1.807) is 0 Å². The van der Waals surface area contributed by atoms with Gasteiger partial charge in [-0.2, -0.15) is 0 Å². The number of hydrogen-bond acceptors (Lipinski definition) is 3. The third-order valence-corrected chi connectivity index (χ3v) is 1.66. The third-order valence-electron chi connectivity index (χ3n) is 1.06. The number of carbonyl (C=O) groups is 1. The van der Waals surface area contributed by atoms with Crippen LogP contribution in [0.15, 0.2) is 11.9 Å². The van der Waals surface area contributed by atoms with Crippen molar-refractivity contribution in [1.29, 1.82) is 0 Å². The van der Waals surface area contributed by atoms with Crippen molar-refractivity contribution < 1.29 is 24.3 Å². The molecule has 0 heterocycles. The predicted octanol–water partition coefficient (Wildman–Crippen LogP) is -0.258. The minimum Gasteiger partial charge on any atom is -0.480 e. The Hall–Kier alpha value is -0.680. The first kappa shape index (κ1) is 12.3. The largest absolute Gasteiger partial charge is 0.480 e. The molecule has 4 N–H and O–H groups in total. The van der Waals surface area contributed by atoms with E-state index in [1.165, 1.54) is 6.08 Å². The molecule has 0 spiro atoms. The van der Waals surface area contributed by atoms with Crippen LogP contribution in [0.4, 0.5) is 0 Å². The first-order chi connectivity index (χ1) is 5.92. The molecule has 0 aromatic carbocycles. The summed E-state index contributed by atoms with van der Waals surface area (Å²) in [6.45, 7) is 0.229. The molecule has 0 aliphatic heterocycles. The highest BCUT2D eigenvalue weighted by Crippen LogP contribution is 2.35. The van der Waals surface area contributed by atoms with Crippen LogP contribution in [0.1, 0.15) is 6.42 Å². The van der Waals surface area contributed by atoms with Gasteiger partial charge in [-0.15, -0.1) is 0 Å². The zero-order valence-corrected chi connectivity index (χ0v) is 7.78. The van der Waals surface area contributed by atoms with Gasteiger partial charge in [-0.25, -0.2) is 0 Å². The van der Waals surface area contributed by atoms with E-state index in [1.807, 2.05) is 0 Å². The van der Waals surface area contributed by atoms with Crippen LogP contribution in [-0.4, -0.2) is 34.0 Å². The lowest BCUT2D eigenvalue weighted by Gasteiger charge is -1.97. The summed E-state index contributed by atoms with van der Waals surface area (Å²) in [5, 5.41) is 10.8. The van der Waals surface area contributed by atoms with Gasteiger partial charge >= 0.3 is 13.6 Å². The van der Waals surface area contributed by atoms with Gasteiger partial charge in [-0.05, 0) is 13.0 Å². The number of carboxylic acids is 1. The molecule has 0 atom stereocenters. The van der Waals surface area contributed by atoms with E-state index >= 15 is 0 Å². The van der Waals surface area contributed by atoms with Crippen molar-refractivity contribution in [1.82, 2.24) is 5.32 Å². The van der Waals surface area contributed by atoms with E-state index in [-0.39, 0.29) is 6.54 Å². The van der Waals surface area contributed by atoms with Crippen molar-refractivity contribution in [3.63, 3.8) is 0 Å². The second-order valence-electron chi connectivity index (χ2n) is 2.33. The first-order valence-corrected chi connectivity index (χ1v) is 5.25. The quantitative estimate of drug-likeness (QED) is 0.354. The molecule has 0 bridgehead atoms. The van der Waals surface area contributed by atoms with Crippen molar-refractivity contribution in [3.05, 3.63) is 11.9 Å². The molecule has 0 aromatic heterocycles. The van der Waals surface area contributed by atoms with E-state index in [0.29, 0.717) is 13.0 Å². The van der Waals surface area contributed by atoms with Gasteiger partial charge in [0.1, 0.15) is 0 Å². The van der Waals surface area contributed by atoms with E-state index in [4.69, 9.17) is 14.9 Å². The maximum atomic E-state index is 10.3. The van der Waals surface area contributed by atoms with Crippen molar-refractivity contribution in [2.45, 2.75) is 6.42 Å². The Bertz CT molecular complexity index is 233. The van der Waals surface area contributed by atoms with Crippen molar-refractivity contribution in [3.8, 4) is 0 Å². The molecule has 0 aromatic rings. The van der Waals surface area contributed by atoms with E-state index in [2.05, 4.69) is 5.32 Å². The number of carboxylic acid groups (broad SMARTS) is 1. The normalized spacial score (nSPS) is 12.2. The van der Waals surface area contributed by atoms with E-state index < -0.39 is 13.6 Å². The van der Waals surface area contributed by atoms with Crippen LogP contribution in [0, 0.1) is 0 Å². The molecule has 0 unspecified atom stereocenters. The zero-order chi connectivity index (χ0) is 10.3. The minimum atomic E-state index is -4.06. The maximum absolute atomic E-state index is 10.3. The summed E-state index contributed by atoms with van der Waals surface area (Å²) in [5.74, 6) is -0.158. The summed E-state index contributed by atoms with van der Waals surface area (Å²) < 4.78 is 10.3. The highest BCUT2D eigenvalue weighted by Gasteiger charge is 2.04. The molecular weight excluding hydrogens is 197 g/mol. The van der Waals surface area contributed by atoms with E-state index in [9.17, 15) is 9.36 Å². The Morgan fingerprint density at radius 1 is 1.46 bits per heavy atom. The van der Waals surface area contributed by atoms with Gasteiger partial charge in [0, 0.05) is 5.82 Å². The molecule has 0 saturated carbocycles. The smallest absolute Gasteiger partial charge is 0.348 e. The van der Waals surface area contributed by atoms with Crippen LogP contribution in [0.25, 0.3) is 0 Å². The standard InChI is InChI=1S/C6H12NO5P/c8-6(9)5-7-3-1-2-4-13(10,11)12/h2,4,7H,1,3,5H2,(H,8,9)(H2,10,11,12)/b4-2+. The lowest BCUT2D eigenvalue weighted by molar-refractivity contribution is -0.135. The molecule has 0 rings (SSSR count). The van der Waals surface area contributed by atoms with Crippen LogP contribution in [0.5, 0.6) is 0 Å². The molecule has 0 fully saturated rings. The Morgan fingerprint density at radius 2 is 2.08 bits per heavy atom. The molecule has 76 valence electrons. The maximum Gasteiger partial charge on any atom is 0.348 e. The molecule has 6 nitrogen and oxygen atoms in total. The first-order valence-electron chi connectivity index (χ1n) is 3.57. The lowest BCUT2D eigenvalue weighted by Crippen LogP contribution is -2.22. The van der Waals surface area contributed by atoms with Gasteiger partial charge in [0.15, 0.2) is 0 Å². The van der Waals surface area contributed by atoms with Gasteiger partial charge in [0.2, 0.25) is 0 Å². The molecule has 7 heteroatoms. The molecule has 13 heavy (non-hydrogen) atoms. The van der Waals surface area contributed by atoms with Crippen LogP contribution in [-0.2, 0) is 9.36 Å². The van der Waals surface area contributed by atoms with Gasteiger partial charge < -0.3 is 20.2 Å². The number of rotatable bonds is 6. The summed E-state index contributed by atoms with van der Waals surface area (Å²) >= 11 is 0. The number of nitrogens with one attached hydrogen (secondary N) is 1. The highest BCUT2D eigenvalue weighted by atomic mass is 31.2.